The number of rotatable bonds is 6. The molecule has 1 unspecified atom stereocenters. The Kier molecular flexibility index (Phi) is 6.47. The minimum atomic E-state index is -1.54. The normalized spacial score (nSPS) is 18.0. The summed E-state index contributed by atoms with van der Waals surface area (Å²) in [6.45, 7) is 6.21. The van der Waals surface area contributed by atoms with Crippen molar-refractivity contribution in [2.45, 2.75) is 44.9 Å². The Labute approximate surface area is 166 Å². The van der Waals surface area contributed by atoms with Crippen LogP contribution in [0.25, 0.3) is 0 Å². The molecule has 1 saturated heterocycles. The van der Waals surface area contributed by atoms with E-state index in [1.54, 1.807) is 12.1 Å². The van der Waals surface area contributed by atoms with Crippen LogP contribution in [-0.2, 0) is 16.9 Å². The van der Waals surface area contributed by atoms with Gasteiger partial charge in [-0.25, -0.2) is 4.39 Å². The highest BCUT2D eigenvalue weighted by Gasteiger charge is 2.42. The quantitative estimate of drug-likeness (QED) is 0.802. The van der Waals surface area contributed by atoms with Crippen LogP contribution in [-0.4, -0.2) is 35.0 Å². The molecule has 4 nitrogen and oxygen atoms in total. The lowest BCUT2D eigenvalue weighted by atomic mass is 9.82. The van der Waals surface area contributed by atoms with E-state index in [-0.39, 0.29) is 23.7 Å². The zero-order valence-electron chi connectivity index (χ0n) is 16.6. The molecule has 1 aliphatic rings. The second-order valence-corrected chi connectivity index (χ2v) is 7.94. The number of nitrogens with zero attached hydrogens (tertiary/aromatic N) is 1. The average Bonchev–Trinajstić information content (AvgIpc) is 2.71. The van der Waals surface area contributed by atoms with Crippen LogP contribution in [0.1, 0.15) is 37.8 Å². The second kappa shape index (κ2) is 8.84. The van der Waals surface area contributed by atoms with Gasteiger partial charge in [0, 0.05) is 25.7 Å². The number of halogens is 1. The summed E-state index contributed by atoms with van der Waals surface area (Å²) in [5, 5.41) is 14.2. The van der Waals surface area contributed by atoms with Gasteiger partial charge in [-0.2, -0.15) is 0 Å². The molecule has 0 radical (unpaired) electrons. The van der Waals surface area contributed by atoms with E-state index in [1.807, 2.05) is 44.2 Å². The first-order valence-corrected chi connectivity index (χ1v) is 9.95. The van der Waals surface area contributed by atoms with Crippen molar-refractivity contribution < 1.29 is 14.3 Å². The molecule has 28 heavy (non-hydrogen) atoms. The number of hydrogen-bond acceptors (Lipinski definition) is 3. The highest BCUT2D eigenvalue weighted by molar-refractivity contribution is 5.86. The van der Waals surface area contributed by atoms with Gasteiger partial charge in [0.05, 0.1) is 0 Å². The van der Waals surface area contributed by atoms with E-state index in [0.717, 1.165) is 38.0 Å². The molecule has 150 valence electrons. The molecule has 1 aliphatic heterocycles. The van der Waals surface area contributed by atoms with Crippen LogP contribution < -0.4 is 5.32 Å². The number of nitrogens with one attached hydrogen (secondary N) is 1. The number of carbonyl (C=O) groups is 1. The van der Waals surface area contributed by atoms with Crippen molar-refractivity contribution >= 4 is 5.91 Å². The van der Waals surface area contributed by atoms with Crippen LogP contribution in [0.15, 0.2) is 54.6 Å². The summed E-state index contributed by atoms with van der Waals surface area (Å²) in [5.74, 6) is -0.791. The molecule has 1 heterocycles. The summed E-state index contributed by atoms with van der Waals surface area (Å²) in [6.07, 6.45) is 1.66. The van der Waals surface area contributed by atoms with E-state index in [0.29, 0.717) is 5.56 Å². The lowest BCUT2D eigenvalue weighted by Crippen LogP contribution is -2.53. The largest absolute Gasteiger partial charge is 0.375 e. The van der Waals surface area contributed by atoms with E-state index >= 15 is 0 Å². The Bertz CT molecular complexity index is 771. The number of benzene rings is 2. The van der Waals surface area contributed by atoms with E-state index in [1.165, 1.54) is 12.1 Å². The molecule has 0 aliphatic carbocycles. The van der Waals surface area contributed by atoms with Gasteiger partial charge in [-0.1, -0.05) is 56.3 Å². The first-order chi connectivity index (χ1) is 13.4. The zero-order chi connectivity index (χ0) is 20.1. The molecule has 2 aromatic rings. The lowest BCUT2D eigenvalue weighted by Gasteiger charge is -2.36. The first kappa shape index (κ1) is 20.5. The minimum Gasteiger partial charge on any atom is -0.375 e. The van der Waals surface area contributed by atoms with E-state index in [9.17, 15) is 14.3 Å². The maximum Gasteiger partial charge on any atom is 0.257 e. The third-order valence-corrected chi connectivity index (χ3v) is 5.64. The lowest BCUT2D eigenvalue weighted by molar-refractivity contribution is -0.147. The third kappa shape index (κ3) is 4.59. The smallest absolute Gasteiger partial charge is 0.257 e. The summed E-state index contributed by atoms with van der Waals surface area (Å²) in [7, 11) is 0. The molecule has 0 bridgehead atoms. The Hall–Kier alpha value is -2.24. The van der Waals surface area contributed by atoms with Crippen molar-refractivity contribution in [2.75, 3.05) is 13.1 Å². The van der Waals surface area contributed by atoms with Crippen molar-refractivity contribution in [2.24, 2.45) is 5.92 Å². The second-order valence-electron chi connectivity index (χ2n) is 7.94. The van der Waals surface area contributed by atoms with Gasteiger partial charge in [0.1, 0.15) is 5.82 Å². The van der Waals surface area contributed by atoms with Crippen LogP contribution >= 0.6 is 0 Å². The van der Waals surface area contributed by atoms with Gasteiger partial charge < -0.3 is 10.4 Å². The molecule has 1 fully saturated rings. The molecule has 0 spiro atoms. The van der Waals surface area contributed by atoms with Gasteiger partial charge in [-0.05, 0) is 42.0 Å². The molecular weight excluding hydrogens is 355 g/mol. The summed E-state index contributed by atoms with van der Waals surface area (Å²) in [5.41, 5.74) is 0.172. The summed E-state index contributed by atoms with van der Waals surface area (Å²) >= 11 is 0. The van der Waals surface area contributed by atoms with E-state index in [4.69, 9.17) is 0 Å². The van der Waals surface area contributed by atoms with Gasteiger partial charge in [-0.3, -0.25) is 9.69 Å². The molecule has 2 aromatic carbocycles. The van der Waals surface area contributed by atoms with Crippen molar-refractivity contribution in [1.29, 1.82) is 0 Å². The number of carbonyl (C=O) groups excluding carboxylic acids is 1. The van der Waals surface area contributed by atoms with Gasteiger partial charge in [-0.15, -0.1) is 0 Å². The number of likely N-dealkylation sites (tertiary alicyclic amines) is 1. The standard InChI is InChI=1S/C23H29FN2O2/c1-17(2)23(28,19-6-4-3-5-7-19)22(27)25-21-12-14-26(15-13-21)16-18-8-10-20(24)11-9-18/h3-11,17,21,28H,12-16H2,1-2H3,(H,25,27). The van der Waals surface area contributed by atoms with Gasteiger partial charge >= 0.3 is 0 Å². The van der Waals surface area contributed by atoms with Crippen LogP contribution in [0.3, 0.4) is 0 Å². The van der Waals surface area contributed by atoms with Crippen molar-refractivity contribution in [3.8, 4) is 0 Å². The van der Waals surface area contributed by atoms with Gasteiger partial charge in [0.15, 0.2) is 5.60 Å². The maximum absolute atomic E-state index is 13.0. The summed E-state index contributed by atoms with van der Waals surface area (Å²) in [4.78, 5) is 15.3. The zero-order valence-corrected chi connectivity index (χ0v) is 16.6. The Morgan fingerprint density at radius 1 is 1.14 bits per heavy atom. The molecule has 2 N–H and O–H groups in total. The van der Waals surface area contributed by atoms with Crippen LogP contribution in [0.2, 0.25) is 0 Å². The molecular formula is C23H29FN2O2. The Balaban J connectivity index is 1.57. The fourth-order valence-corrected chi connectivity index (χ4v) is 3.80. The molecule has 0 aromatic heterocycles. The average molecular weight is 384 g/mol. The number of hydrogen-bond donors (Lipinski definition) is 2. The fourth-order valence-electron chi connectivity index (χ4n) is 3.80. The minimum absolute atomic E-state index is 0.0472. The molecule has 3 rings (SSSR count). The van der Waals surface area contributed by atoms with Crippen LogP contribution in [0.4, 0.5) is 4.39 Å². The Morgan fingerprint density at radius 3 is 2.32 bits per heavy atom. The fraction of sp³-hybridized carbons (Fsp3) is 0.435. The molecule has 1 amide bonds. The maximum atomic E-state index is 13.0. The van der Waals surface area contributed by atoms with Crippen LogP contribution in [0.5, 0.6) is 0 Å². The molecule has 0 saturated carbocycles. The number of aliphatic hydroxyl groups is 1. The highest BCUT2D eigenvalue weighted by atomic mass is 19.1. The predicted octanol–water partition coefficient (Wildman–Crippen LogP) is 3.45. The topological polar surface area (TPSA) is 52.6 Å². The predicted molar refractivity (Wildman–Crippen MR) is 108 cm³/mol. The van der Waals surface area contributed by atoms with Gasteiger partial charge in [0.2, 0.25) is 0 Å². The highest BCUT2D eigenvalue weighted by Crippen LogP contribution is 2.30. The van der Waals surface area contributed by atoms with E-state index in [2.05, 4.69) is 10.2 Å². The molecule has 5 heteroatoms. The van der Waals surface area contributed by atoms with E-state index < -0.39 is 5.60 Å². The number of amides is 1. The monoisotopic (exact) mass is 384 g/mol. The van der Waals surface area contributed by atoms with Gasteiger partial charge in [0.25, 0.3) is 5.91 Å². The number of piperidine rings is 1. The van der Waals surface area contributed by atoms with Crippen LogP contribution in [0, 0.1) is 11.7 Å². The Morgan fingerprint density at radius 2 is 1.75 bits per heavy atom. The third-order valence-electron chi connectivity index (χ3n) is 5.64. The summed E-state index contributed by atoms with van der Waals surface area (Å²) < 4.78 is 13.0. The summed E-state index contributed by atoms with van der Waals surface area (Å²) in [6, 6.07) is 15.8. The first-order valence-electron chi connectivity index (χ1n) is 9.95. The van der Waals surface area contributed by atoms with Crippen molar-refractivity contribution in [3.63, 3.8) is 0 Å². The van der Waals surface area contributed by atoms with Crippen molar-refractivity contribution in [3.05, 3.63) is 71.5 Å². The SMILES string of the molecule is CC(C)C(O)(C(=O)NC1CCN(Cc2ccc(F)cc2)CC1)c1ccccc1. The van der Waals surface area contributed by atoms with Crippen molar-refractivity contribution in [1.82, 2.24) is 10.2 Å². The molecule has 1 atom stereocenters.